The maximum atomic E-state index is 9.38. The summed E-state index contributed by atoms with van der Waals surface area (Å²) in [6.45, 7) is 14.2. The molecule has 19 nitrogen and oxygen atoms in total. The minimum Gasteiger partial charge on any atom is -0.491 e. The predicted molar refractivity (Wildman–Crippen MR) is 296 cm³/mol. The third-order valence-corrected chi connectivity index (χ3v) is 13.6. The average Bonchev–Trinajstić information content (AvgIpc) is 4.36. The summed E-state index contributed by atoms with van der Waals surface area (Å²) in [6.07, 6.45) is 2.54. The van der Waals surface area contributed by atoms with E-state index < -0.39 is 6.10 Å². The zero-order valence-electron chi connectivity index (χ0n) is 46.2. The molecule has 0 amide bonds. The summed E-state index contributed by atoms with van der Waals surface area (Å²) in [6, 6.07) is 41.4. The Bertz CT molecular complexity index is 2440. The van der Waals surface area contributed by atoms with E-state index in [1.807, 2.05) is 60.7 Å². The maximum Gasteiger partial charge on any atom is 0.223 e. The van der Waals surface area contributed by atoms with Crippen molar-refractivity contribution in [2.75, 3.05) is 139 Å². The zero-order valence-corrected chi connectivity index (χ0v) is 46.2. The highest BCUT2D eigenvalue weighted by Crippen LogP contribution is 2.35. The molecule has 9 heterocycles. The van der Waals surface area contributed by atoms with E-state index in [0.717, 1.165) is 88.0 Å². The van der Waals surface area contributed by atoms with E-state index in [9.17, 15) is 5.11 Å². The van der Waals surface area contributed by atoms with Gasteiger partial charge in [-0.25, -0.2) is 0 Å². The quantitative estimate of drug-likeness (QED) is 0.0285. The van der Waals surface area contributed by atoms with Gasteiger partial charge in [0.1, 0.15) is 117 Å². The van der Waals surface area contributed by atoms with Crippen LogP contribution >= 0.6 is 0 Å². The zero-order chi connectivity index (χ0) is 55.6. The van der Waals surface area contributed by atoms with Gasteiger partial charge in [0.15, 0.2) is 0 Å². The first kappa shape index (κ1) is 58.3. The van der Waals surface area contributed by atoms with E-state index in [1.165, 1.54) is 27.8 Å². The van der Waals surface area contributed by atoms with Crippen molar-refractivity contribution in [3.8, 4) is 28.7 Å². The summed E-state index contributed by atoms with van der Waals surface area (Å²) in [5.41, 5.74) is 6.08. The fourth-order valence-electron chi connectivity index (χ4n) is 8.07. The Morgan fingerprint density at radius 2 is 0.598 bits per heavy atom. The summed E-state index contributed by atoms with van der Waals surface area (Å²) in [4.78, 5) is 0. The smallest absolute Gasteiger partial charge is 0.223 e. The van der Waals surface area contributed by atoms with Gasteiger partial charge >= 0.3 is 0 Å². The molecular weight excluding hydrogens is 1060 g/mol. The van der Waals surface area contributed by atoms with Gasteiger partial charge in [0.05, 0.1) is 106 Å². The molecule has 0 aromatic heterocycles. The summed E-state index contributed by atoms with van der Waals surface area (Å²) >= 11 is 0. The van der Waals surface area contributed by atoms with Crippen molar-refractivity contribution in [3.05, 3.63) is 149 Å². The van der Waals surface area contributed by atoms with Gasteiger partial charge in [0.2, 0.25) is 6.29 Å². The molecule has 9 fully saturated rings. The fourth-order valence-corrected chi connectivity index (χ4v) is 8.07. The van der Waals surface area contributed by atoms with Crippen LogP contribution in [0.5, 0.6) is 28.7 Å². The highest BCUT2D eigenvalue weighted by atomic mass is 16.8. The largest absolute Gasteiger partial charge is 0.491 e. The molecule has 0 radical (unpaired) electrons. The number of ether oxygens (including phenoxy) is 18. The van der Waals surface area contributed by atoms with Crippen LogP contribution in [-0.2, 0) is 68.0 Å². The molecule has 82 heavy (non-hydrogen) atoms. The van der Waals surface area contributed by atoms with Crippen molar-refractivity contribution in [2.24, 2.45) is 0 Å². The molecule has 9 aliphatic heterocycles. The van der Waals surface area contributed by atoms with Crippen molar-refractivity contribution in [1.29, 1.82) is 0 Å². The van der Waals surface area contributed by atoms with Gasteiger partial charge in [-0.05, 0) is 94.9 Å². The van der Waals surface area contributed by atoms with Crippen molar-refractivity contribution in [2.45, 2.75) is 73.6 Å². The fraction of sp³-hybridized carbons (Fsp3) is 0.524. The molecule has 0 aliphatic carbocycles. The number of hydrogen-bond acceptors (Lipinski definition) is 19. The molecule has 442 valence electrons. The monoisotopic (exact) mass is 1140 g/mol. The van der Waals surface area contributed by atoms with Crippen molar-refractivity contribution in [1.82, 2.24) is 0 Å². The molecule has 14 rings (SSSR count). The highest BCUT2D eigenvalue weighted by Gasteiger charge is 2.29. The summed E-state index contributed by atoms with van der Waals surface area (Å²) in [5.74, 6) is 4.39. The summed E-state index contributed by atoms with van der Waals surface area (Å²) < 4.78 is 95.4. The number of hydrogen-bond donors (Lipinski definition) is 1. The topological polar surface area (TPSA) is 216 Å². The lowest BCUT2D eigenvalue weighted by Gasteiger charge is -2.20. The molecule has 9 aliphatic rings. The molecule has 5 aromatic rings. The summed E-state index contributed by atoms with van der Waals surface area (Å²) in [7, 11) is 0. The first-order valence-electron chi connectivity index (χ1n) is 28.6. The van der Waals surface area contributed by atoms with Gasteiger partial charge in [-0.1, -0.05) is 60.7 Å². The van der Waals surface area contributed by atoms with Crippen LogP contribution in [0.2, 0.25) is 0 Å². The molecule has 0 saturated carbocycles. The van der Waals surface area contributed by atoms with Crippen LogP contribution in [0.25, 0.3) is 0 Å². The maximum absolute atomic E-state index is 9.38. The predicted octanol–water partition coefficient (Wildman–Crippen LogP) is 5.99. The Kier molecular flexibility index (Phi) is 21.6. The Labute approximate surface area is 479 Å². The minimum atomic E-state index is -0.549. The third-order valence-electron chi connectivity index (χ3n) is 13.6. The first-order chi connectivity index (χ1) is 40.4. The molecule has 9 saturated heterocycles. The Hall–Kier alpha value is -5.46. The van der Waals surface area contributed by atoms with Gasteiger partial charge in [-0.15, -0.1) is 0 Å². The lowest BCUT2D eigenvalue weighted by Crippen LogP contribution is -2.23. The van der Waals surface area contributed by atoms with Crippen LogP contribution in [0.4, 0.5) is 0 Å². The van der Waals surface area contributed by atoms with E-state index in [2.05, 4.69) is 60.7 Å². The Balaban J connectivity index is 0.000000124. The van der Waals surface area contributed by atoms with Crippen molar-refractivity contribution in [3.63, 3.8) is 0 Å². The molecule has 9 atom stereocenters. The minimum absolute atomic E-state index is 0.0675. The van der Waals surface area contributed by atoms with Crippen molar-refractivity contribution >= 4 is 0 Å². The molecule has 0 spiro atoms. The van der Waals surface area contributed by atoms with Crippen LogP contribution in [0.3, 0.4) is 0 Å². The number of aliphatic hydroxyl groups is 1. The summed E-state index contributed by atoms with van der Waals surface area (Å²) in [5, 5.41) is 9.38. The molecule has 9 unspecified atom stereocenters. The van der Waals surface area contributed by atoms with Crippen LogP contribution in [0, 0.1) is 0 Å². The van der Waals surface area contributed by atoms with E-state index in [-0.39, 0.29) is 36.6 Å². The van der Waals surface area contributed by atoms with Gasteiger partial charge in [-0.3, -0.25) is 0 Å². The molecule has 19 heteroatoms. The molecule has 5 aromatic carbocycles. The number of benzene rings is 5. The van der Waals surface area contributed by atoms with E-state index in [0.29, 0.717) is 110 Å². The first-order valence-corrected chi connectivity index (χ1v) is 28.6. The standard InChI is InChI=1S/C27H26O6.C19H20O4.C9H16O5.C8H14O4/c1-7-21(28-13-24-15-30-24)8-2-18(1)27(20-5-11-23(12-6-20)33-26-17-32-26)19-3-9-22(10-4-19)29-14-25-16-31-25;1-5-16(20-10-18-12-22-18)6-2-14(1)9-15-3-7-17(8-4-15)21-11-19-13-23-19;10-7(1-11-3-8-5-13-8)2-12-4-9-6-14-9;1(9-3-7-5-11-7)2-10-4-8-6-12-8/h1-12,24-27H,13-17H2;1-8,18-19H,9-13H2;7-10H,1-6H2;7-8H,1-6H2. The van der Waals surface area contributed by atoms with Crippen LogP contribution < -0.4 is 23.7 Å². The van der Waals surface area contributed by atoms with E-state index in [1.54, 1.807) is 0 Å². The van der Waals surface area contributed by atoms with E-state index >= 15 is 0 Å². The molecular formula is C63H76O19. The average molecular weight is 1140 g/mol. The number of rotatable bonds is 34. The SMILES string of the molecule is C(COCC1CO1)OCC1CO1.OC(COCC1CO1)COCC1CO1.c1cc(C(c2ccc(OCC3CO3)cc2)c2ccc(OC3CO3)cc2)ccc1OCC1CO1.c1cc(OCC2CO2)ccc1Cc1ccc(OCC2CO2)cc1. The van der Waals surface area contributed by atoms with Crippen molar-refractivity contribution < 1.29 is 90.4 Å². The van der Waals surface area contributed by atoms with Gasteiger partial charge in [0, 0.05) is 5.92 Å². The number of epoxide rings is 9. The highest BCUT2D eigenvalue weighted by molar-refractivity contribution is 5.47. The Morgan fingerprint density at radius 3 is 0.890 bits per heavy atom. The number of aliphatic hydroxyl groups excluding tert-OH is 1. The lowest BCUT2D eigenvalue weighted by atomic mass is 9.85. The van der Waals surface area contributed by atoms with Crippen LogP contribution in [0.1, 0.15) is 33.7 Å². The van der Waals surface area contributed by atoms with E-state index in [4.69, 9.17) is 85.3 Å². The third kappa shape index (κ3) is 22.9. The van der Waals surface area contributed by atoms with Gasteiger partial charge in [0.25, 0.3) is 0 Å². The van der Waals surface area contributed by atoms with Crippen LogP contribution in [0.15, 0.2) is 121 Å². The second-order valence-electron chi connectivity index (χ2n) is 21.3. The molecule has 0 bridgehead atoms. The normalized spacial score (nSPS) is 25.6. The second kappa shape index (κ2) is 30.4. The van der Waals surface area contributed by atoms with Gasteiger partial charge < -0.3 is 90.4 Å². The van der Waals surface area contributed by atoms with Crippen LogP contribution in [-0.4, -0.2) is 205 Å². The molecule has 1 N–H and O–H groups in total. The van der Waals surface area contributed by atoms with Gasteiger partial charge in [-0.2, -0.15) is 0 Å². The Morgan fingerprint density at radius 1 is 0.329 bits per heavy atom. The lowest BCUT2D eigenvalue weighted by molar-refractivity contribution is -0.0239. The second-order valence-corrected chi connectivity index (χ2v) is 21.3.